The molecule has 0 aliphatic rings. The minimum Gasteiger partial charge on any atom is -0.507 e. The van der Waals surface area contributed by atoms with Crippen molar-refractivity contribution >= 4 is 5.91 Å². The Kier molecular flexibility index (Phi) is 6.96. The number of ether oxygens (including phenoxy) is 1. The summed E-state index contributed by atoms with van der Waals surface area (Å²) in [6.07, 6.45) is -1.48. The summed E-state index contributed by atoms with van der Waals surface area (Å²) in [7, 11) is 0. The number of carbonyl (C=O) groups is 1. The second-order valence-corrected chi connectivity index (χ2v) is 6.73. The first-order chi connectivity index (χ1) is 14.9. The fourth-order valence-corrected chi connectivity index (χ4v) is 3.14. The van der Waals surface area contributed by atoms with Crippen LogP contribution in [0.3, 0.4) is 0 Å². The molecule has 0 fully saturated rings. The Labute approximate surface area is 178 Å². The lowest BCUT2D eigenvalue weighted by molar-refractivity contribution is -0.133. The van der Waals surface area contributed by atoms with Crippen molar-refractivity contribution in [3.63, 3.8) is 0 Å². The Hall–Kier alpha value is -3.76. The smallest absolute Gasteiger partial charge is 0.254 e. The van der Waals surface area contributed by atoms with Crippen LogP contribution in [0.4, 0.5) is 8.78 Å². The van der Waals surface area contributed by atoms with E-state index >= 15 is 0 Å². The summed E-state index contributed by atoms with van der Waals surface area (Å²) in [4.78, 5) is 12.7. The molecule has 1 atom stereocenters. The van der Waals surface area contributed by atoms with E-state index in [1.165, 1.54) is 12.1 Å². The van der Waals surface area contributed by atoms with Crippen molar-refractivity contribution in [3.05, 3.63) is 89.0 Å². The van der Waals surface area contributed by atoms with Gasteiger partial charge >= 0.3 is 0 Å². The number of nitrogens with one attached hydrogen (secondary N) is 1. The molecule has 31 heavy (non-hydrogen) atoms. The summed E-state index contributed by atoms with van der Waals surface area (Å²) < 4.78 is 35.2. The monoisotopic (exact) mass is 422 g/mol. The van der Waals surface area contributed by atoms with Crippen LogP contribution >= 0.6 is 0 Å². The highest BCUT2D eigenvalue weighted by Gasteiger charge is 2.28. The summed E-state index contributed by atoms with van der Waals surface area (Å²) in [5, 5.41) is 21.4. The summed E-state index contributed by atoms with van der Waals surface area (Å²) in [6.45, 7) is 1.79. The Balaban J connectivity index is 1.85. The number of nitriles is 1. The van der Waals surface area contributed by atoms with Gasteiger partial charge in [0.25, 0.3) is 5.91 Å². The fourth-order valence-electron chi connectivity index (χ4n) is 3.14. The van der Waals surface area contributed by atoms with Gasteiger partial charge in [0.05, 0.1) is 17.2 Å². The second kappa shape index (κ2) is 9.83. The fraction of sp³-hybridized carbons (Fsp3) is 0.167. The third kappa shape index (κ3) is 5.05. The van der Waals surface area contributed by atoms with Crippen LogP contribution in [-0.4, -0.2) is 17.6 Å². The first-order valence-corrected chi connectivity index (χ1v) is 9.60. The van der Waals surface area contributed by atoms with E-state index in [-0.39, 0.29) is 30.0 Å². The maximum Gasteiger partial charge on any atom is 0.254 e. The Morgan fingerprint density at radius 1 is 1.13 bits per heavy atom. The van der Waals surface area contributed by atoms with Gasteiger partial charge in [-0.1, -0.05) is 30.3 Å². The summed E-state index contributed by atoms with van der Waals surface area (Å²) in [5.74, 6) is -2.72. The number of halogens is 2. The van der Waals surface area contributed by atoms with E-state index in [0.717, 1.165) is 17.7 Å². The maximum atomic E-state index is 14.9. The first-order valence-electron chi connectivity index (χ1n) is 9.60. The van der Waals surface area contributed by atoms with Crippen molar-refractivity contribution in [1.82, 2.24) is 5.32 Å². The molecule has 7 heteroatoms. The molecular formula is C24H20F2N2O3. The zero-order valence-corrected chi connectivity index (χ0v) is 16.7. The van der Waals surface area contributed by atoms with Gasteiger partial charge in [0.1, 0.15) is 17.4 Å². The molecule has 1 unspecified atom stereocenters. The number of hydrogen-bond acceptors (Lipinski definition) is 4. The third-order valence-electron chi connectivity index (χ3n) is 4.68. The van der Waals surface area contributed by atoms with Gasteiger partial charge in [-0.3, -0.25) is 4.79 Å². The van der Waals surface area contributed by atoms with Gasteiger partial charge in [-0.2, -0.15) is 5.26 Å². The largest absolute Gasteiger partial charge is 0.507 e. The van der Waals surface area contributed by atoms with Crippen molar-refractivity contribution in [3.8, 4) is 22.9 Å². The molecule has 0 bridgehead atoms. The number of rotatable bonds is 7. The van der Waals surface area contributed by atoms with Crippen molar-refractivity contribution < 1.29 is 23.4 Å². The topological polar surface area (TPSA) is 82.3 Å². The van der Waals surface area contributed by atoms with Crippen LogP contribution in [0.1, 0.15) is 29.7 Å². The predicted octanol–water partition coefficient (Wildman–Crippen LogP) is 4.60. The van der Waals surface area contributed by atoms with Gasteiger partial charge in [-0.25, -0.2) is 8.78 Å². The van der Waals surface area contributed by atoms with Gasteiger partial charge in [0, 0.05) is 18.7 Å². The lowest BCUT2D eigenvalue weighted by Gasteiger charge is -2.19. The summed E-state index contributed by atoms with van der Waals surface area (Å²) in [6, 6.07) is 16.9. The highest BCUT2D eigenvalue weighted by atomic mass is 19.1. The number of aromatic hydroxyl groups is 1. The first kappa shape index (κ1) is 21.9. The summed E-state index contributed by atoms with van der Waals surface area (Å²) in [5.41, 5.74) is 1.11. The van der Waals surface area contributed by atoms with Crippen LogP contribution in [0.25, 0.3) is 11.1 Å². The minimum absolute atomic E-state index is 0.0645. The SMILES string of the molecule is CCOC(C(=O)NCc1ccc(C#N)cc1)c1c(F)cc(-c2ccccc2O)cc1F. The number of amides is 1. The van der Waals surface area contributed by atoms with Crippen LogP contribution in [0.5, 0.6) is 5.75 Å². The van der Waals surface area contributed by atoms with Crippen LogP contribution in [0.2, 0.25) is 0 Å². The molecule has 0 aromatic heterocycles. The summed E-state index contributed by atoms with van der Waals surface area (Å²) >= 11 is 0. The third-order valence-corrected chi connectivity index (χ3v) is 4.68. The standard InChI is InChI=1S/C24H20F2N2O3/c1-2-31-23(24(30)28-14-16-9-7-15(13-27)8-10-16)22-19(25)11-17(12-20(22)26)18-5-3-4-6-21(18)29/h3-12,23,29H,2,14H2,1H3,(H,28,30). The van der Waals surface area contributed by atoms with E-state index in [1.807, 2.05) is 6.07 Å². The number of phenols is 1. The number of phenolic OH excluding ortho intramolecular Hbond substituents is 1. The zero-order chi connectivity index (χ0) is 22.4. The van der Waals surface area contributed by atoms with Crippen LogP contribution in [0, 0.1) is 23.0 Å². The average Bonchev–Trinajstić information content (AvgIpc) is 2.77. The minimum atomic E-state index is -1.48. The maximum absolute atomic E-state index is 14.9. The molecule has 0 radical (unpaired) electrons. The van der Waals surface area contributed by atoms with Gasteiger partial charge in [-0.15, -0.1) is 0 Å². The van der Waals surface area contributed by atoms with Gasteiger partial charge < -0.3 is 15.2 Å². The van der Waals surface area contributed by atoms with Gasteiger partial charge in [0.15, 0.2) is 6.10 Å². The highest BCUT2D eigenvalue weighted by molar-refractivity contribution is 5.83. The quantitative estimate of drug-likeness (QED) is 0.583. The van der Waals surface area contributed by atoms with E-state index < -0.39 is 29.2 Å². The van der Waals surface area contributed by atoms with E-state index in [4.69, 9.17) is 10.00 Å². The van der Waals surface area contributed by atoms with Gasteiger partial charge in [0.2, 0.25) is 0 Å². The van der Waals surface area contributed by atoms with E-state index in [0.29, 0.717) is 5.56 Å². The van der Waals surface area contributed by atoms with Crippen LogP contribution in [-0.2, 0) is 16.1 Å². The molecule has 0 heterocycles. The molecule has 0 saturated heterocycles. The van der Waals surface area contributed by atoms with Crippen molar-refractivity contribution in [2.75, 3.05) is 6.61 Å². The lowest BCUT2D eigenvalue weighted by Crippen LogP contribution is -2.31. The second-order valence-electron chi connectivity index (χ2n) is 6.73. The van der Waals surface area contributed by atoms with Crippen LogP contribution < -0.4 is 5.32 Å². The molecule has 0 spiro atoms. The van der Waals surface area contributed by atoms with E-state index in [2.05, 4.69) is 5.32 Å². The van der Waals surface area contributed by atoms with Crippen molar-refractivity contribution in [2.45, 2.75) is 19.6 Å². The highest BCUT2D eigenvalue weighted by Crippen LogP contribution is 2.33. The Morgan fingerprint density at radius 3 is 2.35 bits per heavy atom. The molecule has 0 aliphatic carbocycles. The molecule has 2 N–H and O–H groups in total. The van der Waals surface area contributed by atoms with Gasteiger partial charge in [-0.05, 0) is 48.4 Å². The lowest BCUT2D eigenvalue weighted by atomic mass is 9.99. The number of para-hydroxylation sites is 1. The molecule has 0 saturated carbocycles. The Morgan fingerprint density at radius 2 is 1.77 bits per heavy atom. The number of nitrogens with zero attached hydrogens (tertiary/aromatic N) is 1. The zero-order valence-electron chi connectivity index (χ0n) is 16.7. The molecule has 5 nitrogen and oxygen atoms in total. The van der Waals surface area contributed by atoms with E-state index in [1.54, 1.807) is 43.3 Å². The molecule has 3 aromatic rings. The van der Waals surface area contributed by atoms with Crippen molar-refractivity contribution in [2.24, 2.45) is 0 Å². The molecule has 1 amide bonds. The normalized spacial score (nSPS) is 11.5. The molecule has 158 valence electrons. The molecule has 3 aromatic carbocycles. The number of carbonyl (C=O) groups excluding carboxylic acids is 1. The van der Waals surface area contributed by atoms with Crippen LogP contribution in [0.15, 0.2) is 60.7 Å². The Bertz CT molecular complexity index is 1100. The number of benzene rings is 3. The molecule has 0 aliphatic heterocycles. The molecule has 3 rings (SSSR count). The average molecular weight is 422 g/mol. The predicted molar refractivity (Wildman–Crippen MR) is 111 cm³/mol. The molecular weight excluding hydrogens is 402 g/mol. The number of hydrogen-bond donors (Lipinski definition) is 2. The van der Waals surface area contributed by atoms with E-state index in [9.17, 15) is 18.7 Å². The van der Waals surface area contributed by atoms with Crippen molar-refractivity contribution in [1.29, 1.82) is 5.26 Å².